The van der Waals surface area contributed by atoms with Crippen LogP contribution in [0.1, 0.15) is 19.8 Å². The summed E-state index contributed by atoms with van der Waals surface area (Å²) in [5.74, 6) is -0.0860. The first-order valence-corrected chi connectivity index (χ1v) is 4.88. The summed E-state index contributed by atoms with van der Waals surface area (Å²) in [4.78, 5) is 23.8. The van der Waals surface area contributed by atoms with Crippen molar-refractivity contribution in [2.75, 3.05) is 19.6 Å². The highest BCUT2D eigenvalue weighted by Crippen LogP contribution is 2.09. The molecular formula is C9H17N3O2. The molecule has 0 aliphatic carbocycles. The molecule has 1 aliphatic heterocycles. The fraction of sp³-hybridized carbons (Fsp3) is 0.778. The Morgan fingerprint density at radius 1 is 1.57 bits per heavy atom. The van der Waals surface area contributed by atoms with Gasteiger partial charge < -0.3 is 16.0 Å². The Kier molecular flexibility index (Phi) is 3.88. The molecule has 0 spiro atoms. The van der Waals surface area contributed by atoms with E-state index in [0.29, 0.717) is 6.54 Å². The average Bonchev–Trinajstić information content (AvgIpc) is 2.16. The lowest BCUT2D eigenvalue weighted by Crippen LogP contribution is -2.50. The molecule has 0 aromatic heterocycles. The third-order valence-corrected chi connectivity index (χ3v) is 2.36. The lowest BCUT2D eigenvalue weighted by Gasteiger charge is -2.32. The summed E-state index contributed by atoms with van der Waals surface area (Å²) in [6.45, 7) is 2.89. The second kappa shape index (κ2) is 4.95. The number of nitrogens with zero attached hydrogens (tertiary/aromatic N) is 1. The summed E-state index contributed by atoms with van der Waals surface area (Å²) in [5.41, 5.74) is 5.27. The summed E-state index contributed by atoms with van der Waals surface area (Å²) < 4.78 is 0. The van der Waals surface area contributed by atoms with E-state index in [9.17, 15) is 9.59 Å². The van der Waals surface area contributed by atoms with Gasteiger partial charge in [-0.1, -0.05) is 0 Å². The van der Waals surface area contributed by atoms with Crippen LogP contribution in [-0.2, 0) is 9.59 Å². The maximum Gasteiger partial charge on any atom is 0.236 e. The quantitative estimate of drug-likeness (QED) is 0.603. The van der Waals surface area contributed by atoms with Gasteiger partial charge in [-0.05, 0) is 12.8 Å². The predicted octanol–water partition coefficient (Wildman–Crippen LogP) is -0.928. The van der Waals surface area contributed by atoms with Crippen molar-refractivity contribution in [2.24, 2.45) is 5.73 Å². The number of piperidine rings is 1. The number of amides is 2. The van der Waals surface area contributed by atoms with Gasteiger partial charge in [0.15, 0.2) is 0 Å². The molecular weight excluding hydrogens is 182 g/mol. The van der Waals surface area contributed by atoms with Crippen molar-refractivity contribution in [1.29, 1.82) is 0 Å². The standard InChI is InChI=1S/C9H17N3O2/c1-7(13)11-8-3-2-4-12(6-8)9(14)5-10/h8H,2-6,10H2,1H3,(H,11,13). The second-order valence-corrected chi connectivity index (χ2v) is 3.58. The van der Waals surface area contributed by atoms with Gasteiger partial charge in [0, 0.05) is 26.1 Å². The zero-order chi connectivity index (χ0) is 10.6. The normalized spacial score (nSPS) is 21.9. The second-order valence-electron chi connectivity index (χ2n) is 3.58. The monoisotopic (exact) mass is 199 g/mol. The Morgan fingerprint density at radius 3 is 2.86 bits per heavy atom. The van der Waals surface area contributed by atoms with Crippen LogP contribution in [0, 0.1) is 0 Å². The molecule has 1 heterocycles. The predicted molar refractivity (Wildman–Crippen MR) is 52.5 cm³/mol. The Labute approximate surface area is 83.6 Å². The molecule has 1 rings (SSSR count). The first kappa shape index (κ1) is 11.0. The molecule has 1 unspecified atom stereocenters. The summed E-state index contributed by atoms with van der Waals surface area (Å²) in [5, 5.41) is 2.82. The van der Waals surface area contributed by atoms with Crippen LogP contribution in [0.2, 0.25) is 0 Å². The van der Waals surface area contributed by atoms with E-state index in [4.69, 9.17) is 5.73 Å². The number of nitrogens with two attached hydrogens (primary N) is 1. The fourth-order valence-electron chi connectivity index (χ4n) is 1.74. The lowest BCUT2D eigenvalue weighted by atomic mass is 10.1. The SMILES string of the molecule is CC(=O)NC1CCCN(C(=O)CN)C1. The molecule has 80 valence electrons. The van der Waals surface area contributed by atoms with E-state index >= 15 is 0 Å². The van der Waals surface area contributed by atoms with Crippen LogP contribution >= 0.6 is 0 Å². The lowest BCUT2D eigenvalue weighted by molar-refractivity contribution is -0.132. The minimum atomic E-state index is -0.0444. The zero-order valence-corrected chi connectivity index (χ0v) is 8.45. The molecule has 5 nitrogen and oxygen atoms in total. The number of hydrogen-bond donors (Lipinski definition) is 2. The highest BCUT2D eigenvalue weighted by molar-refractivity contribution is 5.78. The minimum Gasteiger partial charge on any atom is -0.352 e. The van der Waals surface area contributed by atoms with Gasteiger partial charge in [-0.25, -0.2) is 0 Å². The van der Waals surface area contributed by atoms with Crippen molar-refractivity contribution in [3.63, 3.8) is 0 Å². The summed E-state index contributed by atoms with van der Waals surface area (Å²) in [6.07, 6.45) is 1.87. The van der Waals surface area contributed by atoms with Crippen LogP contribution in [0.4, 0.5) is 0 Å². The van der Waals surface area contributed by atoms with Crippen LogP contribution < -0.4 is 11.1 Å². The van der Waals surface area contributed by atoms with Crippen molar-refractivity contribution in [3.05, 3.63) is 0 Å². The summed E-state index contributed by atoms with van der Waals surface area (Å²) >= 11 is 0. The Morgan fingerprint density at radius 2 is 2.29 bits per heavy atom. The molecule has 1 atom stereocenters. The van der Waals surface area contributed by atoms with Crippen LogP contribution in [0.5, 0.6) is 0 Å². The zero-order valence-electron chi connectivity index (χ0n) is 8.45. The van der Waals surface area contributed by atoms with E-state index in [1.807, 2.05) is 0 Å². The summed E-state index contributed by atoms with van der Waals surface area (Å²) in [7, 11) is 0. The van der Waals surface area contributed by atoms with Crippen LogP contribution in [0.15, 0.2) is 0 Å². The average molecular weight is 199 g/mol. The highest BCUT2D eigenvalue weighted by Gasteiger charge is 2.22. The molecule has 0 aromatic carbocycles. The molecule has 1 aliphatic rings. The topological polar surface area (TPSA) is 75.4 Å². The third kappa shape index (κ3) is 2.99. The first-order valence-electron chi connectivity index (χ1n) is 4.88. The van der Waals surface area contributed by atoms with E-state index < -0.39 is 0 Å². The van der Waals surface area contributed by atoms with E-state index in [0.717, 1.165) is 19.4 Å². The molecule has 3 N–H and O–H groups in total. The highest BCUT2D eigenvalue weighted by atomic mass is 16.2. The molecule has 0 aromatic rings. The van der Waals surface area contributed by atoms with E-state index in [-0.39, 0.29) is 24.4 Å². The number of rotatable bonds is 2. The molecule has 14 heavy (non-hydrogen) atoms. The van der Waals surface area contributed by atoms with Crippen LogP contribution in [-0.4, -0.2) is 42.4 Å². The molecule has 0 bridgehead atoms. The van der Waals surface area contributed by atoms with E-state index in [1.54, 1.807) is 4.90 Å². The fourth-order valence-corrected chi connectivity index (χ4v) is 1.74. The van der Waals surface area contributed by atoms with Gasteiger partial charge in [0.05, 0.1) is 6.54 Å². The number of hydrogen-bond acceptors (Lipinski definition) is 3. The van der Waals surface area contributed by atoms with Crippen molar-refractivity contribution in [2.45, 2.75) is 25.8 Å². The molecule has 5 heteroatoms. The van der Waals surface area contributed by atoms with Gasteiger partial charge >= 0.3 is 0 Å². The maximum atomic E-state index is 11.3. The van der Waals surface area contributed by atoms with Gasteiger partial charge in [-0.2, -0.15) is 0 Å². The van der Waals surface area contributed by atoms with Crippen LogP contribution in [0.25, 0.3) is 0 Å². The smallest absolute Gasteiger partial charge is 0.236 e. The van der Waals surface area contributed by atoms with Crippen molar-refractivity contribution < 1.29 is 9.59 Å². The van der Waals surface area contributed by atoms with E-state index in [2.05, 4.69) is 5.32 Å². The third-order valence-electron chi connectivity index (χ3n) is 2.36. The summed E-state index contributed by atoms with van der Waals surface area (Å²) in [6, 6.07) is 0.0942. The number of likely N-dealkylation sites (tertiary alicyclic amines) is 1. The van der Waals surface area contributed by atoms with Crippen LogP contribution in [0.3, 0.4) is 0 Å². The molecule has 2 amide bonds. The first-order chi connectivity index (χ1) is 6.63. The number of carbonyl (C=O) groups excluding carboxylic acids is 2. The van der Waals surface area contributed by atoms with Gasteiger partial charge in [-0.3, -0.25) is 9.59 Å². The Bertz CT molecular complexity index is 230. The van der Waals surface area contributed by atoms with Crippen molar-refractivity contribution in [3.8, 4) is 0 Å². The van der Waals surface area contributed by atoms with Gasteiger partial charge in [-0.15, -0.1) is 0 Å². The van der Waals surface area contributed by atoms with E-state index in [1.165, 1.54) is 6.92 Å². The largest absolute Gasteiger partial charge is 0.352 e. The van der Waals surface area contributed by atoms with Gasteiger partial charge in [0.25, 0.3) is 0 Å². The minimum absolute atomic E-state index is 0.0416. The number of nitrogens with one attached hydrogen (secondary N) is 1. The van der Waals surface area contributed by atoms with Gasteiger partial charge in [0.2, 0.25) is 11.8 Å². The molecule has 0 radical (unpaired) electrons. The molecule has 0 saturated carbocycles. The maximum absolute atomic E-state index is 11.3. The Balaban J connectivity index is 2.43. The van der Waals surface area contributed by atoms with Crippen molar-refractivity contribution >= 4 is 11.8 Å². The molecule has 1 fully saturated rings. The Hall–Kier alpha value is -1.10. The van der Waals surface area contributed by atoms with Crippen molar-refractivity contribution in [1.82, 2.24) is 10.2 Å². The molecule has 1 saturated heterocycles. The van der Waals surface area contributed by atoms with Gasteiger partial charge in [0.1, 0.15) is 0 Å². The number of carbonyl (C=O) groups is 2.